The van der Waals surface area contributed by atoms with Crippen LogP contribution in [0.1, 0.15) is 25.8 Å². The van der Waals surface area contributed by atoms with Crippen molar-refractivity contribution in [2.75, 3.05) is 6.54 Å². The Hall–Kier alpha value is -1.61. The molecular weight excluding hydrogens is 214 g/mol. The van der Waals surface area contributed by atoms with Crippen LogP contribution in [-0.2, 0) is 4.79 Å². The van der Waals surface area contributed by atoms with E-state index >= 15 is 0 Å². The summed E-state index contributed by atoms with van der Waals surface area (Å²) < 4.78 is 0. The molecule has 1 aromatic rings. The summed E-state index contributed by atoms with van der Waals surface area (Å²) in [5, 5.41) is 12.4. The van der Waals surface area contributed by atoms with E-state index < -0.39 is 5.60 Å². The van der Waals surface area contributed by atoms with Crippen LogP contribution in [0, 0.1) is 0 Å². The van der Waals surface area contributed by atoms with E-state index in [1.54, 1.807) is 13.0 Å². The number of aliphatic hydroxyl groups is 1. The summed E-state index contributed by atoms with van der Waals surface area (Å²) in [5.41, 5.74) is 0.140. The zero-order valence-corrected chi connectivity index (χ0v) is 10.3. The largest absolute Gasteiger partial charge is 0.388 e. The van der Waals surface area contributed by atoms with Gasteiger partial charge < -0.3 is 10.4 Å². The van der Waals surface area contributed by atoms with Crippen molar-refractivity contribution in [1.29, 1.82) is 0 Å². The fourth-order valence-electron chi connectivity index (χ4n) is 1.20. The molecule has 0 saturated carbocycles. The molecule has 0 radical (unpaired) electrons. The van der Waals surface area contributed by atoms with Crippen molar-refractivity contribution in [3.63, 3.8) is 0 Å². The molecule has 1 aromatic carbocycles. The minimum absolute atomic E-state index is 0.192. The first kappa shape index (κ1) is 13.5. The van der Waals surface area contributed by atoms with E-state index in [2.05, 4.69) is 5.32 Å². The summed E-state index contributed by atoms with van der Waals surface area (Å²) >= 11 is 0. The monoisotopic (exact) mass is 233 g/mol. The van der Waals surface area contributed by atoms with Gasteiger partial charge in [-0.05, 0) is 25.0 Å². The zero-order valence-electron chi connectivity index (χ0n) is 10.3. The molecule has 0 aromatic heterocycles. The van der Waals surface area contributed by atoms with Gasteiger partial charge in [0.05, 0.1) is 5.60 Å². The lowest BCUT2D eigenvalue weighted by Crippen LogP contribution is -2.39. The third-order valence-electron chi connectivity index (χ3n) is 2.63. The first-order valence-corrected chi connectivity index (χ1v) is 5.77. The highest BCUT2D eigenvalue weighted by molar-refractivity contribution is 5.91. The third-order valence-corrected chi connectivity index (χ3v) is 2.63. The van der Waals surface area contributed by atoms with E-state index in [1.807, 2.05) is 37.3 Å². The number of hydrogen-bond acceptors (Lipinski definition) is 2. The molecule has 0 aliphatic carbocycles. The van der Waals surface area contributed by atoms with Gasteiger partial charge in [0.2, 0.25) is 5.91 Å². The molecular formula is C14H19NO2. The summed E-state index contributed by atoms with van der Waals surface area (Å²) in [7, 11) is 0. The highest BCUT2D eigenvalue weighted by Crippen LogP contribution is 2.06. The van der Waals surface area contributed by atoms with Gasteiger partial charge in [-0.25, -0.2) is 0 Å². The SMILES string of the molecule is CCC(C)(O)CNC(=O)C=Cc1ccccc1. The summed E-state index contributed by atoms with van der Waals surface area (Å²) in [6, 6.07) is 9.60. The van der Waals surface area contributed by atoms with Gasteiger partial charge in [0.1, 0.15) is 0 Å². The Morgan fingerprint density at radius 3 is 2.65 bits per heavy atom. The van der Waals surface area contributed by atoms with Crippen molar-refractivity contribution in [3.05, 3.63) is 42.0 Å². The molecule has 0 fully saturated rings. The molecule has 92 valence electrons. The van der Waals surface area contributed by atoms with Gasteiger partial charge in [-0.15, -0.1) is 0 Å². The highest BCUT2D eigenvalue weighted by Gasteiger charge is 2.17. The Morgan fingerprint density at radius 2 is 2.06 bits per heavy atom. The van der Waals surface area contributed by atoms with Crippen molar-refractivity contribution in [2.24, 2.45) is 0 Å². The summed E-state index contributed by atoms with van der Waals surface area (Å²) in [4.78, 5) is 11.5. The van der Waals surface area contributed by atoms with Crippen LogP contribution in [-0.4, -0.2) is 23.2 Å². The fraction of sp³-hybridized carbons (Fsp3) is 0.357. The Balaban J connectivity index is 2.43. The number of amides is 1. The predicted octanol–water partition coefficient (Wildman–Crippen LogP) is 1.98. The van der Waals surface area contributed by atoms with Crippen molar-refractivity contribution < 1.29 is 9.90 Å². The van der Waals surface area contributed by atoms with Gasteiger partial charge >= 0.3 is 0 Å². The van der Waals surface area contributed by atoms with Crippen LogP contribution in [0.5, 0.6) is 0 Å². The lowest BCUT2D eigenvalue weighted by molar-refractivity contribution is -0.117. The lowest BCUT2D eigenvalue weighted by atomic mass is 10.0. The van der Waals surface area contributed by atoms with Gasteiger partial charge in [0.25, 0.3) is 0 Å². The van der Waals surface area contributed by atoms with Gasteiger partial charge in [-0.1, -0.05) is 37.3 Å². The molecule has 1 atom stereocenters. The maximum absolute atomic E-state index is 11.5. The van der Waals surface area contributed by atoms with Crippen LogP contribution in [0.2, 0.25) is 0 Å². The number of nitrogens with one attached hydrogen (secondary N) is 1. The molecule has 1 unspecified atom stereocenters. The van der Waals surface area contributed by atoms with Crippen molar-refractivity contribution >= 4 is 12.0 Å². The topological polar surface area (TPSA) is 49.3 Å². The number of carbonyl (C=O) groups is 1. The normalized spacial score (nSPS) is 14.5. The molecule has 1 amide bonds. The Bertz CT molecular complexity index is 382. The Kier molecular flexibility index (Phi) is 4.91. The fourth-order valence-corrected chi connectivity index (χ4v) is 1.20. The zero-order chi connectivity index (χ0) is 12.7. The molecule has 17 heavy (non-hydrogen) atoms. The minimum Gasteiger partial charge on any atom is -0.388 e. The lowest BCUT2D eigenvalue weighted by Gasteiger charge is -2.20. The van der Waals surface area contributed by atoms with E-state index in [1.165, 1.54) is 6.08 Å². The maximum Gasteiger partial charge on any atom is 0.244 e. The Morgan fingerprint density at radius 1 is 1.41 bits per heavy atom. The molecule has 1 rings (SSSR count). The number of rotatable bonds is 5. The van der Waals surface area contributed by atoms with E-state index in [0.29, 0.717) is 6.42 Å². The second-order valence-corrected chi connectivity index (χ2v) is 4.31. The van der Waals surface area contributed by atoms with Crippen LogP contribution >= 0.6 is 0 Å². The second-order valence-electron chi connectivity index (χ2n) is 4.31. The predicted molar refractivity (Wildman–Crippen MR) is 69.4 cm³/mol. The quantitative estimate of drug-likeness (QED) is 0.764. The molecule has 3 nitrogen and oxygen atoms in total. The third kappa shape index (κ3) is 5.31. The van der Waals surface area contributed by atoms with Crippen LogP contribution in [0.25, 0.3) is 6.08 Å². The standard InChI is InChI=1S/C14H19NO2/c1-3-14(2,17)11-15-13(16)10-9-12-7-5-4-6-8-12/h4-10,17H,3,11H2,1-2H3,(H,15,16). The van der Waals surface area contributed by atoms with Crippen LogP contribution in [0.3, 0.4) is 0 Å². The van der Waals surface area contributed by atoms with E-state index in [-0.39, 0.29) is 12.5 Å². The molecule has 0 aliphatic heterocycles. The van der Waals surface area contributed by atoms with Crippen LogP contribution in [0.4, 0.5) is 0 Å². The molecule has 0 bridgehead atoms. The van der Waals surface area contributed by atoms with Gasteiger partial charge in [-0.3, -0.25) is 4.79 Å². The molecule has 0 heterocycles. The van der Waals surface area contributed by atoms with E-state index in [4.69, 9.17) is 0 Å². The number of benzene rings is 1. The minimum atomic E-state index is -0.837. The van der Waals surface area contributed by atoms with Gasteiger partial charge in [-0.2, -0.15) is 0 Å². The summed E-state index contributed by atoms with van der Waals surface area (Å²) in [6.45, 7) is 3.85. The molecule has 0 aliphatic rings. The molecule has 2 N–H and O–H groups in total. The number of hydrogen-bond donors (Lipinski definition) is 2. The first-order valence-electron chi connectivity index (χ1n) is 5.77. The average Bonchev–Trinajstić information content (AvgIpc) is 2.35. The van der Waals surface area contributed by atoms with E-state index in [0.717, 1.165) is 5.56 Å². The Labute approximate surface area is 102 Å². The van der Waals surface area contributed by atoms with E-state index in [9.17, 15) is 9.90 Å². The van der Waals surface area contributed by atoms with Gasteiger partial charge in [0, 0.05) is 12.6 Å². The summed E-state index contributed by atoms with van der Waals surface area (Å²) in [5.74, 6) is -0.192. The van der Waals surface area contributed by atoms with Gasteiger partial charge in [0.15, 0.2) is 0 Å². The summed E-state index contributed by atoms with van der Waals surface area (Å²) in [6.07, 6.45) is 3.83. The van der Waals surface area contributed by atoms with Crippen LogP contribution < -0.4 is 5.32 Å². The highest BCUT2D eigenvalue weighted by atomic mass is 16.3. The smallest absolute Gasteiger partial charge is 0.244 e. The molecule has 3 heteroatoms. The maximum atomic E-state index is 11.5. The van der Waals surface area contributed by atoms with Crippen LogP contribution in [0.15, 0.2) is 36.4 Å². The van der Waals surface area contributed by atoms with Crippen molar-refractivity contribution in [3.8, 4) is 0 Å². The number of carbonyl (C=O) groups excluding carboxylic acids is 1. The van der Waals surface area contributed by atoms with Crippen molar-refractivity contribution in [1.82, 2.24) is 5.32 Å². The molecule has 0 saturated heterocycles. The second kappa shape index (κ2) is 6.21. The molecule has 0 spiro atoms. The average molecular weight is 233 g/mol. The van der Waals surface area contributed by atoms with Crippen molar-refractivity contribution in [2.45, 2.75) is 25.9 Å². The first-order chi connectivity index (χ1) is 8.03.